The number of aryl methyl sites for hydroxylation is 1. The molecule has 0 heterocycles. The van der Waals surface area contributed by atoms with Gasteiger partial charge in [0.05, 0.1) is 0 Å². The third-order valence-electron chi connectivity index (χ3n) is 2.99. The first-order chi connectivity index (χ1) is 8.33. The van der Waals surface area contributed by atoms with Crippen LogP contribution in [0.1, 0.15) is 24.5 Å². The molecule has 0 bridgehead atoms. The topological polar surface area (TPSA) is 26.0 Å². The van der Waals surface area contributed by atoms with Crippen LogP contribution in [0, 0.1) is 0 Å². The average molecular weight is 225 g/mol. The largest absolute Gasteiger partial charge is 0.326 e. The van der Waals surface area contributed by atoms with Crippen molar-refractivity contribution in [2.45, 2.75) is 26.3 Å². The number of rotatable bonds is 4. The molecule has 2 aromatic carbocycles. The van der Waals surface area contributed by atoms with E-state index in [4.69, 9.17) is 5.73 Å². The van der Waals surface area contributed by atoms with Crippen LogP contribution in [0.15, 0.2) is 48.5 Å². The smallest absolute Gasteiger partial charge is 0.0178 e. The highest BCUT2D eigenvalue weighted by Crippen LogP contribution is 2.21. The molecule has 2 N–H and O–H groups in total. The fraction of sp³-hybridized carbons (Fsp3) is 0.250. The van der Waals surface area contributed by atoms with Gasteiger partial charge in [-0.25, -0.2) is 0 Å². The van der Waals surface area contributed by atoms with Gasteiger partial charge in [0, 0.05) is 6.54 Å². The van der Waals surface area contributed by atoms with E-state index in [0.717, 1.165) is 6.42 Å². The standard InChI is InChI=1S/C16H19N/c1-2-4-13-7-9-15(10-8-13)16-6-3-5-14(11-16)12-17/h3,5-11H,2,4,12,17H2,1H3. The van der Waals surface area contributed by atoms with Crippen molar-refractivity contribution in [2.24, 2.45) is 5.73 Å². The molecule has 0 amide bonds. The van der Waals surface area contributed by atoms with E-state index in [2.05, 4.69) is 55.5 Å². The van der Waals surface area contributed by atoms with Crippen LogP contribution in [-0.4, -0.2) is 0 Å². The van der Waals surface area contributed by atoms with Crippen molar-refractivity contribution in [2.75, 3.05) is 0 Å². The monoisotopic (exact) mass is 225 g/mol. The zero-order valence-corrected chi connectivity index (χ0v) is 10.3. The van der Waals surface area contributed by atoms with Crippen LogP contribution in [-0.2, 0) is 13.0 Å². The van der Waals surface area contributed by atoms with Crippen molar-refractivity contribution in [3.63, 3.8) is 0 Å². The van der Waals surface area contributed by atoms with E-state index in [9.17, 15) is 0 Å². The Balaban J connectivity index is 2.26. The second-order valence-electron chi connectivity index (χ2n) is 4.35. The van der Waals surface area contributed by atoms with Gasteiger partial charge in [-0.2, -0.15) is 0 Å². The summed E-state index contributed by atoms with van der Waals surface area (Å²) in [6, 6.07) is 17.2. The highest BCUT2D eigenvalue weighted by molar-refractivity contribution is 5.64. The van der Waals surface area contributed by atoms with Gasteiger partial charge in [-0.15, -0.1) is 0 Å². The molecule has 2 rings (SSSR count). The average Bonchev–Trinajstić information content (AvgIpc) is 2.40. The Bertz CT molecular complexity index is 471. The molecule has 0 radical (unpaired) electrons. The molecule has 88 valence electrons. The van der Waals surface area contributed by atoms with Gasteiger partial charge in [-0.1, -0.05) is 55.8 Å². The van der Waals surface area contributed by atoms with Crippen molar-refractivity contribution in [1.82, 2.24) is 0 Å². The van der Waals surface area contributed by atoms with Gasteiger partial charge in [0.25, 0.3) is 0 Å². The Morgan fingerprint density at radius 3 is 2.29 bits per heavy atom. The lowest BCUT2D eigenvalue weighted by atomic mass is 10.0. The molecule has 0 spiro atoms. The summed E-state index contributed by atoms with van der Waals surface area (Å²) in [6.45, 7) is 2.81. The molecule has 0 saturated carbocycles. The Morgan fingerprint density at radius 2 is 1.65 bits per heavy atom. The zero-order chi connectivity index (χ0) is 12.1. The molecule has 0 aliphatic carbocycles. The maximum Gasteiger partial charge on any atom is 0.0178 e. The first kappa shape index (κ1) is 11.9. The molecule has 1 nitrogen and oxygen atoms in total. The quantitative estimate of drug-likeness (QED) is 0.842. The van der Waals surface area contributed by atoms with Gasteiger partial charge in [-0.05, 0) is 34.7 Å². The Hall–Kier alpha value is -1.60. The second-order valence-corrected chi connectivity index (χ2v) is 4.35. The summed E-state index contributed by atoms with van der Waals surface area (Å²) in [5, 5.41) is 0. The molecule has 0 aliphatic rings. The van der Waals surface area contributed by atoms with E-state index in [1.54, 1.807) is 0 Å². The lowest BCUT2D eigenvalue weighted by Crippen LogP contribution is -1.95. The fourth-order valence-corrected chi connectivity index (χ4v) is 2.03. The molecular weight excluding hydrogens is 206 g/mol. The molecular formula is C16H19N. The predicted octanol–water partition coefficient (Wildman–Crippen LogP) is 3.76. The number of hydrogen-bond donors (Lipinski definition) is 1. The lowest BCUT2D eigenvalue weighted by Gasteiger charge is -2.05. The molecule has 0 unspecified atom stereocenters. The van der Waals surface area contributed by atoms with Crippen LogP contribution in [0.3, 0.4) is 0 Å². The SMILES string of the molecule is CCCc1ccc(-c2cccc(CN)c2)cc1. The lowest BCUT2D eigenvalue weighted by molar-refractivity contribution is 0.922. The molecule has 0 saturated heterocycles. The summed E-state index contributed by atoms with van der Waals surface area (Å²) in [5.41, 5.74) is 10.8. The Morgan fingerprint density at radius 1 is 0.882 bits per heavy atom. The normalized spacial score (nSPS) is 10.5. The zero-order valence-electron chi connectivity index (χ0n) is 10.3. The molecule has 2 aromatic rings. The van der Waals surface area contributed by atoms with E-state index in [1.807, 2.05) is 0 Å². The third kappa shape index (κ3) is 2.95. The van der Waals surface area contributed by atoms with Crippen LogP contribution < -0.4 is 5.73 Å². The molecule has 0 aliphatic heterocycles. The van der Waals surface area contributed by atoms with Crippen molar-refractivity contribution in [3.8, 4) is 11.1 Å². The van der Waals surface area contributed by atoms with Crippen molar-refractivity contribution < 1.29 is 0 Å². The minimum atomic E-state index is 0.599. The summed E-state index contributed by atoms with van der Waals surface area (Å²) in [5.74, 6) is 0. The Kier molecular flexibility index (Phi) is 3.94. The van der Waals surface area contributed by atoms with Crippen molar-refractivity contribution in [3.05, 3.63) is 59.7 Å². The minimum absolute atomic E-state index is 0.599. The summed E-state index contributed by atoms with van der Waals surface area (Å²) in [4.78, 5) is 0. The van der Waals surface area contributed by atoms with E-state index in [-0.39, 0.29) is 0 Å². The molecule has 0 atom stereocenters. The number of benzene rings is 2. The predicted molar refractivity (Wildman–Crippen MR) is 73.8 cm³/mol. The van der Waals surface area contributed by atoms with Gasteiger partial charge in [-0.3, -0.25) is 0 Å². The van der Waals surface area contributed by atoms with Gasteiger partial charge in [0.15, 0.2) is 0 Å². The maximum atomic E-state index is 5.66. The summed E-state index contributed by atoms with van der Waals surface area (Å²) >= 11 is 0. The van der Waals surface area contributed by atoms with Crippen molar-refractivity contribution >= 4 is 0 Å². The van der Waals surface area contributed by atoms with Crippen LogP contribution in [0.25, 0.3) is 11.1 Å². The van der Waals surface area contributed by atoms with Gasteiger partial charge < -0.3 is 5.73 Å². The third-order valence-corrected chi connectivity index (χ3v) is 2.99. The number of nitrogens with two attached hydrogens (primary N) is 1. The maximum absolute atomic E-state index is 5.66. The van der Waals surface area contributed by atoms with Crippen molar-refractivity contribution in [1.29, 1.82) is 0 Å². The minimum Gasteiger partial charge on any atom is -0.326 e. The summed E-state index contributed by atoms with van der Waals surface area (Å²) < 4.78 is 0. The van der Waals surface area contributed by atoms with E-state index in [1.165, 1.54) is 28.7 Å². The second kappa shape index (κ2) is 5.65. The van der Waals surface area contributed by atoms with Crippen LogP contribution >= 0.6 is 0 Å². The molecule has 17 heavy (non-hydrogen) atoms. The van der Waals surface area contributed by atoms with E-state index >= 15 is 0 Å². The van der Waals surface area contributed by atoms with E-state index in [0.29, 0.717) is 6.54 Å². The van der Waals surface area contributed by atoms with Gasteiger partial charge in [0.1, 0.15) is 0 Å². The first-order valence-corrected chi connectivity index (χ1v) is 6.22. The highest BCUT2D eigenvalue weighted by Gasteiger charge is 1.99. The van der Waals surface area contributed by atoms with Crippen LogP contribution in [0.5, 0.6) is 0 Å². The fourth-order valence-electron chi connectivity index (χ4n) is 2.03. The summed E-state index contributed by atoms with van der Waals surface area (Å²) in [7, 11) is 0. The Labute approximate surface area is 103 Å². The summed E-state index contributed by atoms with van der Waals surface area (Å²) in [6.07, 6.45) is 2.35. The van der Waals surface area contributed by atoms with E-state index < -0.39 is 0 Å². The van der Waals surface area contributed by atoms with Crippen LogP contribution in [0.2, 0.25) is 0 Å². The van der Waals surface area contributed by atoms with Crippen LogP contribution in [0.4, 0.5) is 0 Å². The number of hydrogen-bond acceptors (Lipinski definition) is 1. The first-order valence-electron chi connectivity index (χ1n) is 6.22. The van der Waals surface area contributed by atoms with Gasteiger partial charge in [0.2, 0.25) is 0 Å². The van der Waals surface area contributed by atoms with Gasteiger partial charge >= 0.3 is 0 Å². The molecule has 0 aromatic heterocycles. The highest BCUT2D eigenvalue weighted by atomic mass is 14.5. The molecule has 0 fully saturated rings. The molecule has 1 heteroatoms.